The quantitative estimate of drug-likeness (QED) is 0.243. The molecular formula is C33H36FN3O5. The van der Waals surface area contributed by atoms with Gasteiger partial charge in [-0.2, -0.15) is 0 Å². The zero-order chi connectivity index (χ0) is 29.8. The highest BCUT2D eigenvalue weighted by atomic mass is 19.1. The van der Waals surface area contributed by atoms with Crippen molar-refractivity contribution < 1.29 is 29.0 Å². The number of amides is 1. The number of phenols is 2. The van der Waals surface area contributed by atoms with Crippen LogP contribution in [0.2, 0.25) is 0 Å². The highest BCUT2D eigenvalue weighted by Crippen LogP contribution is 2.43. The van der Waals surface area contributed by atoms with Crippen LogP contribution in [0.25, 0.3) is 0 Å². The Morgan fingerprint density at radius 3 is 2.10 bits per heavy atom. The molecule has 2 heterocycles. The van der Waals surface area contributed by atoms with Crippen LogP contribution in [0.3, 0.4) is 0 Å². The Kier molecular flexibility index (Phi) is 8.99. The molecule has 2 aliphatic heterocycles. The van der Waals surface area contributed by atoms with Crippen molar-refractivity contribution in [3.8, 4) is 11.5 Å². The van der Waals surface area contributed by atoms with E-state index in [1.807, 2.05) is 0 Å². The third-order valence-electron chi connectivity index (χ3n) is 8.64. The molecule has 0 bridgehead atoms. The first-order valence-corrected chi connectivity index (χ1v) is 14.4. The van der Waals surface area contributed by atoms with Crippen LogP contribution in [0.5, 0.6) is 11.5 Å². The van der Waals surface area contributed by atoms with E-state index >= 15 is 0 Å². The number of phenolic OH excluding ortho intramolecular Hbond substituents is 2. The Balaban J connectivity index is 1.60. The summed E-state index contributed by atoms with van der Waals surface area (Å²) in [5, 5.41) is 27.0. The fourth-order valence-electron chi connectivity index (χ4n) is 6.46. The lowest BCUT2D eigenvalue weighted by Crippen LogP contribution is -2.56. The highest BCUT2D eigenvalue weighted by molar-refractivity contribution is 6.02. The van der Waals surface area contributed by atoms with Crippen LogP contribution in [0, 0.1) is 24.6 Å². The Morgan fingerprint density at radius 1 is 0.976 bits per heavy atom. The standard InChI is InChI=1S/C33H36FN3O5/c1-21-27(11-4-12-30(21)34)31-28(32(41)22-6-2-9-25(39)16-22)18-37(36(20-38)15-13-24-8-5-14-35-24)19-29(31)33(42)23-7-3-10-26(40)17-23/h2-4,6-7,9-12,16-17,20,24,28-29,31,35,39-40H,5,8,13-15,18-19H2,1H3/t24?,28-,29+,31?. The predicted octanol–water partition coefficient (Wildman–Crippen LogP) is 4.46. The summed E-state index contributed by atoms with van der Waals surface area (Å²) in [6.45, 7) is 3.22. The number of hydrogen-bond donors (Lipinski definition) is 3. The van der Waals surface area contributed by atoms with Crippen molar-refractivity contribution in [1.82, 2.24) is 15.3 Å². The molecule has 0 spiro atoms. The first-order chi connectivity index (χ1) is 20.3. The molecule has 5 rings (SSSR count). The second-order valence-corrected chi connectivity index (χ2v) is 11.2. The number of carbonyl (C=O) groups excluding carboxylic acids is 3. The Labute approximate surface area is 244 Å². The summed E-state index contributed by atoms with van der Waals surface area (Å²) in [6.07, 6.45) is 3.54. The number of aromatic hydroxyl groups is 2. The lowest BCUT2D eigenvalue weighted by atomic mass is 9.68. The van der Waals surface area contributed by atoms with Crippen molar-refractivity contribution in [1.29, 1.82) is 0 Å². The van der Waals surface area contributed by atoms with Gasteiger partial charge in [-0.15, -0.1) is 0 Å². The number of carbonyl (C=O) groups is 3. The molecule has 2 unspecified atom stereocenters. The van der Waals surface area contributed by atoms with Gasteiger partial charge in [0.1, 0.15) is 17.3 Å². The minimum atomic E-state index is -0.848. The molecule has 2 fully saturated rings. The van der Waals surface area contributed by atoms with E-state index in [4.69, 9.17) is 0 Å². The summed E-state index contributed by atoms with van der Waals surface area (Å²) in [4.78, 5) is 40.8. The third-order valence-corrected chi connectivity index (χ3v) is 8.64. The van der Waals surface area contributed by atoms with Crippen molar-refractivity contribution in [3.05, 3.63) is 94.8 Å². The minimum Gasteiger partial charge on any atom is -0.508 e. The van der Waals surface area contributed by atoms with E-state index < -0.39 is 23.6 Å². The number of hydrogen-bond acceptors (Lipinski definition) is 7. The van der Waals surface area contributed by atoms with Gasteiger partial charge in [0.25, 0.3) is 0 Å². The number of Topliss-reactive ketones (excluding diaryl/α,β-unsaturated/α-hetero) is 2. The average molecular weight is 574 g/mol. The van der Waals surface area contributed by atoms with Gasteiger partial charge in [-0.3, -0.25) is 19.4 Å². The maximum Gasteiger partial charge on any atom is 0.224 e. The molecule has 2 aliphatic rings. The molecule has 0 saturated carbocycles. The number of benzene rings is 3. The molecule has 0 radical (unpaired) electrons. The van der Waals surface area contributed by atoms with Gasteiger partial charge in [-0.05, 0) is 74.2 Å². The largest absolute Gasteiger partial charge is 0.508 e. The summed E-state index contributed by atoms with van der Waals surface area (Å²) in [6, 6.07) is 17.0. The van der Waals surface area contributed by atoms with Gasteiger partial charge >= 0.3 is 0 Å². The minimum absolute atomic E-state index is 0.0713. The average Bonchev–Trinajstić information content (AvgIpc) is 3.51. The summed E-state index contributed by atoms with van der Waals surface area (Å²) in [5.74, 6) is -3.65. The topological polar surface area (TPSA) is 110 Å². The molecule has 4 atom stereocenters. The molecular weight excluding hydrogens is 537 g/mol. The Morgan fingerprint density at radius 2 is 1.57 bits per heavy atom. The van der Waals surface area contributed by atoms with E-state index in [1.54, 1.807) is 53.3 Å². The van der Waals surface area contributed by atoms with Crippen molar-refractivity contribution in [2.45, 2.75) is 38.1 Å². The summed E-state index contributed by atoms with van der Waals surface area (Å²) in [5.41, 5.74) is 1.41. The zero-order valence-corrected chi connectivity index (χ0v) is 23.6. The van der Waals surface area contributed by atoms with Gasteiger partial charge in [0.15, 0.2) is 11.6 Å². The lowest BCUT2D eigenvalue weighted by Gasteiger charge is -2.46. The molecule has 9 heteroatoms. The number of hydrazine groups is 1. The summed E-state index contributed by atoms with van der Waals surface area (Å²) < 4.78 is 14.9. The Bertz CT molecular complexity index is 1390. The fourth-order valence-corrected chi connectivity index (χ4v) is 6.46. The number of rotatable bonds is 10. The third kappa shape index (κ3) is 6.22. The van der Waals surface area contributed by atoms with E-state index in [1.165, 1.54) is 30.3 Å². The first kappa shape index (κ1) is 29.4. The predicted molar refractivity (Wildman–Crippen MR) is 156 cm³/mol. The zero-order valence-electron chi connectivity index (χ0n) is 23.6. The lowest BCUT2D eigenvalue weighted by molar-refractivity contribution is -0.140. The van der Waals surface area contributed by atoms with Gasteiger partial charge in [-0.1, -0.05) is 36.4 Å². The van der Waals surface area contributed by atoms with E-state index in [2.05, 4.69) is 5.32 Å². The molecule has 3 aromatic carbocycles. The van der Waals surface area contributed by atoms with E-state index in [9.17, 15) is 29.0 Å². The van der Waals surface area contributed by atoms with Crippen LogP contribution in [0.1, 0.15) is 57.0 Å². The van der Waals surface area contributed by atoms with Crippen LogP contribution in [-0.4, -0.2) is 70.4 Å². The fraction of sp³-hybridized carbons (Fsp3) is 0.364. The molecule has 3 N–H and O–H groups in total. The number of nitrogens with zero attached hydrogens (tertiary/aromatic N) is 2. The van der Waals surface area contributed by atoms with Crippen LogP contribution in [0.15, 0.2) is 66.7 Å². The van der Waals surface area contributed by atoms with E-state index in [0.29, 0.717) is 17.7 Å². The monoisotopic (exact) mass is 573 g/mol. The number of ketones is 2. The van der Waals surface area contributed by atoms with E-state index in [-0.39, 0.29) is 53.3 Å². The SMILES string of the molecule is Cc1c(F)cccc1C1[C@@H](C(=O)c2cccc(O)c2)CN(N(C=O)CCC2CCCN2)C[C@H]1C(=O)c1cccc(O)c1. The maximum atomic E-state index is 14.9. The molecule has 220 valence electrons. The molecule has 1 amide bonds. The van der Waals surface area contributed by atoms with Crippen molar-refractivity contribution in [2.24, 2.45) is 11.8 Å². The molecule has 0 aromatic heterocycles. The van der Waals surface area contributed by atoms with Crippen LogP contribution >= 0.6 is 0 Å². The summed E-state index contributed by atoms with van der Waals surface area (Å²) in [7, 11) is 0. The van der Waals surface area contributed by atoms with E-state index in [0.717, 1.165) is 32.2 Å². The number of nitrogens with one attached hydrogen (secondary N) is 1. The first-order valence-electron chi connectivity index (χ1n) is 14.4. The van der Waals surface area contributed by atoms with Gasteiger partial charge in [-0.25, -0.2) is 9.40 Å². The smallest absolute Gasteiger partial charge is 0.224 e. The van der Waals surface area contributed by atoms with Gasteiger partial charge in [0.2, 0.25) is 6.41 Å². The van der Waals surface area contributed by atoms with Crippen LogP contribution < -0.4 is 5.32 Å². The maximum absolute atomic E-state index is 14.9. The van der Waals surface area contributed by atoms with Crippen LogP contribution in [-0.2, 0) is 4.79 Å². The van der Waals surface area contributed by atoms with Gasteiger partial charge in [0, 0.05) is 54.6 Å². The van der Waals surface area contributed by atoms with Gasteiger partial charge < -0.3 is 15.5 Å². The van der Waals surface area contributed by atoms with Crippen LogP contribution in [0.4, 0.5) is 4.39 Å². The van der Waals surface area contributed by atoms with Gasteiger partial charge in [0.05, 0.1) is 0 Å². The number of halogens is 1. The molecule has 8 nitrogen and oxygen atoms in total. The Hall–Kier alpha value is -4.08. The van der Waals surface area contributed by atoms with Crippen molar-refractivity contribution in [3.63, 3.8) is 0 Å². The second-order valence-electron chi connectivity index (χ2n) is 11.2. The molecule has 3 aromatic rings. The van der Waals surface area contributed by atoms with Crippen molar-refractivity contribution in [2.75, 3.05) is 26.2 Å². The molecule has 42 heavy (non-hydrogen) atoms. The van der Waals surface area contributed by atoms with Crippen molar-refractivity contribution >= 4 is 18.0 Å². The number of piperidine rings is 1. The highest BCUT2D eigenvalue weighted by Gasteiger charge is 2.47. The second kappa shape index (κ2) is 12.8. The summed E-state index contributed by atoms with van der Waals surface area (Å²) >= 11 is 0. The molecule has 0 aliphatic carbocycles. The molecule has 2 saturated heterocycles. The normalized spacial score (nSPS) is 22.5.